The van der Waals surface area contributed by atoms with Gasteiger partial charge < -0.3 is 14.5 Å². The van der Waals surface area contributed by atoms with Crippen molar-refractivity contribution in [2.45, 2.75) is 50.9 Å². The van der Waals surface area contributed by atoms with Gasteiger partial charge in [-0.2, -0.15) is 19.0 Å². The molecule has 5 heterocycles. The van der Waals surface area contributed by atoms with Crippen LogP contribution in [-0.4, -0.2) is 73.1 Å². The number of hydrogen-bond donors (Lipinski definition) is 0. The van der Waals surface area contributed by atoms with E-state index in [0.717, 1.165) is 36.2 Å². The minimum absolute atomic E-state index is 0.00713. The second kappa shape index (κ2) is 7.75. The Hall–Kier alpha value is -3.08. The maximum atomic E-state index is 13.1. The second-order valence-corrected chi connectivity index (χ2v) is 9.00. The summed E-state index contributed by atoms with van der Waals surface area (Å²) in [5.41, 5.74) is 2.14. The summed E-state index contributed by atoms with van der Waals surface area (Å²) in [7, 11) is 0. The van der Waals surface area contributed by atoms with Crippen molar-refractivity contribution in [1.82, 2.24) is 29.3 Å². The van der Waals surface area contributed by atoms with Gasteiger partial charge in [-0.05, 0) is 32.3 Å². The second-order valence-electron chi connectivity index (χ2n) is 9.00. The lowest BCUT2D eigenvalue weighted by molar-refractivity contribution is -0.137. The van der Waals surface area contributed by atoms with E-state index in [2.05, 4.69) is 25.0 Å². The van der Waals surface area contributed by atoms with Gasteiger partial charge in [0.2, 0.25) is 5.91 Å². The van der Waals surface area contributed by atoms with Crippen LogP contribution < -0.4 is 4.90 Å². The summed E-state index contributed by atoms with van der Waals surface area (Å²) in [5.74, 6) is 1.03. The summed E-state index contributed by atoms with van der Waals surface area (Å²) in [6.45, 7) is 1.35. The summed E-state index contributed by atoms with van der Waals surface area (Å²) < 4.78 is 33.8. The molecule has 174 valence electrons. The van der Waals surface area contributed by atoms with Crippen molar-refractivity contribution in [3.05, 3.63) is 31.0 Å². The molecule has 4 atom stereocenters. The van der Waals surface area contributed by atoms with E-state index in [0.29, 0.717) is 29.9 Å². The molecule has 6 rings (SSSR count). The molecule has 9 nitrogen and oxygen atoms in total. The number of rotatable bonds is 6. The predicted molar refractivity (Wildman–Crippen MR) is 115 cm³/mol. The fourth-order valence-electron chi connectivity index (χ4n) is 5.37. The molecule has 1 saturated carbocycles. The summed E-state index contributed by atoms with van der Waals surface area (Å²) in [5, 5.41) is 8.03. The van der Waals surface area contributed by atoms with Gasteiger partial charge in [-0.3, -0.25) is 4.79 Å². The number of alkyl halides is 2. The lowest BCUT2D eigenvalue weighted by atomic mass is 10.1. The van der Waals surface area contributed by atoms with Gasteiger partial charge in [0.25, 0.3) is 0 Å². The molecule has 3 aromatic rings. The van der Waals surface area contributed by atoms with Crippen LogP contribution in [0.25, 0.3) is 16.6 Å². The predicted octanol–water partition coefficient (Wildman–Crippen LogP) is 2.59. The van der Waals surface area contributed by atoms with E-state index >= 15 is 0 Å². The van der Waals surface area contributed by atoms with E-state index < -0.39 is 6.55 Å². The minimum atomic E-state index is -2.68. The Balaban J connectivity index is 1.24. The highest BCUT2D eigenvalue weighted by molar-refractivity contribution is 5.84. The van der Waals surface area contributed by atoms with E-state index in [1.165, 1.54) is 18.7 Å². The number of halogens is 2. The van der Waals surface area contributed by atoms with Crippen LogP contribution in [0.2, 0.25) is 0 Å². The van der Waals surface area contributed by atoms with E-state index in [1.54, 1.807) is 10.7 Å². The van der Waals surface area contributed by atoms with Gasteiger partial charge >= 0.3 is 6.55 Å². The first-order chi connectivity index (χ1) is 16.0. The fraction of sp³-hybridized carbons (Fsp3) is 0.545. The summed E-state index contributed by atoms with van der Waals surface area (Å²) in [6.07, 6.45) is 8.92. The summed E-state index contributed by atoms with van der Waals surface area (Å²) >= 11 is 0. The first kappa shape index (κ1) is 20.5. The molecule has 2 bridgehead atoms. The summed E-state index contributed by atoms with van der Waals surface area (Å²) in [6, 6.07) is 2.22. The Morgan fingerprint density at radius 3 is 2.67 bits per heavy atom. The van der Waals surface area contributed by atoms with Crippen LogP contribution in [0.4, 0.5) is 14.6 Å². The zero-order valence-corrected chi connectivity index (χ0v) is 18.2. The number of ether oxygens (including phenoxy) is 1. The fourth-order valence-corrected chi connectivity index (χ4v) is 5.37. The third-order valence-electron chi connectivity index (χ3n) is 6.99. The number of piperazine rings is 1. The highest BCUT2D eigenvalue weighted by Crippen LogP contribution is 2.41. The van der Waals surface area contributed by atoms with E-state index in [4.69, 9.17) is 4.74 Å². The Morgan fingerprint density at radius 1 is 1.18 bits per heavy atom. The monoisotopic (exact) mass is 457 g/mol. The van der Waals surface area contributed by atoms with Gasteiger partial charge in [0.15, 0.2) is 5.82 Å². The number of hydrogen-bond acceptors (Lipinski definition) is 6. The molecule has 0 spiro atoms. The average Bonchev–Trinajstić information content (AvgIpc) is 3.13. The third-order valence-corrected chi connectivity index (χ3v) is 6.99. The Morgan fingerprint density at radius 2 is 1.97 bits per heavy atom. The number of amides is 1. The highest BCUT2D eigenvalue weighted by Gasteiger charge is 2.51. The van der Waals surface area contributed by atoms with Crippen molar-refractivity contribution in [2.24, 2.45) is 5.92 Å². The van der Waals surface area contributed by atoms with Gasteiger partial charge in [0, 0.05) is 55.3 Å². The molecule has 2 aliphatic heterocycles. The van der Waals surface area contributed by atoms with Crippen molar-refractivity contribution < 1.29 is 18.3 Å². The zero-order chi connectivity index (χ0) is 22.7. The largest absolute Gasteiger partial charge is 0.378 e. The Labute approximate surface area is 188 Å². The van der Waals surface area contributed by atoms with Crippen molar-refractivity contribution >= 4 is 17.2 Å². The molecule has 33 heavy (non-hydrogen) atoms. The molecule has 1 aliphatic carbocycles. The molecule has 3 fully saturated rings. The number of anilines is 1. The van der Waals surface area contributed by atoms with E-state index in [-0.39, 0.29) is 30.0 Å². The zero-order valence-electron chi connectivity index (χ0n) is 18.2. The lowest BCUT2D eigenvalue weighted by Gasteiger charge is -2.41. The molecule has 2 saturated heterocycles. The number of aromatic nitrogens is 5. The van der Waals surface area contributed by atoms with Gasteiger partial charge in [0.05, 0.1) is 18.2 Å². The third kappa shape index (κ3) is 3.45. The first-order valence-corrected chi connectivity index (χ1v) is 11.4. The topological polar surface area (TPSA) is 80.8 Å². The van der Waals surface area contributed by atoms with Gasteiger partial charge in [0.1, 0.15) is 11.8 Å². The van der Waals surface area contributed by atoms with Crippen LogP contribution in [0.5, 0.6) is 0 Å². The number of fused-ring (bicyclic) bond motifs is 3. The van der Waals surface area contributed by atoms with Gasteiger partial charge in [-0.15, -0.1) is 0 Å². The average molecular weight is 457 g/mol. The van der Waals surface area contributed by atoms with Gasteiger partial charge in [-0.25, -0.2) is 14.2 Å². The normalized spacial score (nSPS) is 26.5. The lowest BCUT2D eigenvalue weighted by Crippen LogP contribution is -2.56. The maximum Gasteiger partial charge on any atom is 0.333 e. The maximum absolute atomic E-state index is 13.1. The Bertz CT molecular complexity index is 1180. The quantitative estimate of drug-likeness (QED) is 0.566. The van der Waals surface area contributed by atoms with Crippen LogP contribution in [0.15, 0.2) is 31.0 Å². The van der Waals surface area contributed by atoms with Gasteiger partial charge in [-0.1, -0.05) is 0 Å². The number of carbonyl (C=O) groups is 1. The van der Waals surface area contributed by atoms with Crippen molar-refractivity contribution in [3.63, 3.8) is 0 Å². The van der Waals surface area contributed by atoms with Crippen molar-refractivity contribution in [1.29, 1.82) is 0 Å². The smallest absolute Gasteiger partial charge is 0.333 e. The van der Waals surface area contributed by atoms with Crippen LogP contribution in [0, 0.1) is 5.92 Å². The summed E-state index contributed by atoms with van der Waals surface area (Å²) in [4.78, 5) is 22.0. The molecule has 0 N–H and O–H groups in total. The van der Waals surface area contributed by atoms with E-state index in [9.17, 15) is 13.6 Å². The van der Waals surface area contributed by atoms with Crippen molar-refractivity contribution in [2.75, 3.05) is 24.6 Å². The molecule has 4 unspecified atom stereocenters. The molecule has 1 amide bonds. The standard InChI is InChI=1S/C22H25F2N7O2/c1-2-33-19-6-17(19)21(32)31-15-3-4-16(31)11-28(10-15)20-18-5-13(8-29(18)27-12-25-20)14-7-26-30(9-14)22(23)24/h5,7-9,12,15-17,19,22H,2-4,6,10-11H2,1H3. The molecular formula is C22H25F2N7O2. The van der Waals surface area contributed by atoms with E-state index in [1.807, 2.05) is 13.0 Å². The molecular weight excluding hydrogens is 432 g/mol. The SMILES string of the molecule is CCOC1CC1C(=O)N1C2CCC1CN(c1ncnn3cc(-c4cnn(C(F)F)c4)cc13)C2. The molecule has 0 aromatic carbocycles. The minimum Gasteiger partial charge on any atom is -0.378 e. The molecule has 3 aromatic heterocycles. The highest BCUT2D eigenvalue weighted by atomic mass is 19.3. The molecule has 3 aliphatic rings. The van der Waals surface area contributed by atoms with Crippen molar-refractivity contribution in [3.8, 4) is 11.1 Å². The van der Waals surface area contributed by atoms with Crippen LogP contribution >= 0.6 is 0 Å². The number of nitrogens with zero attached hydrogens (tertiary/aromatic N) is 7. The number of carbonyl (C=O) groups excluding carboxylic acids is 1. The van der Waals surface area contributed by atoms with Crippen LogP contribution in [0.3, 0.4) is 0 Å². The molecule has 11 heteroatoms. The Kier molecular flexibility index (Phi) is 4.82. The van der Waals surface area contributed by atoms with Crippen LogP contribution in [-0.2, 0) is 9.53 Å². The first-order valence-electron chi connectivity index (χ1n) is 11.4. The molecule has 0 radical (unpaired) electrons. The van der Waals surface area contributed by atoms with Crippen LogP contribution in [0.1, 0.15) is 32.7 Å².